The van der Waals surface area contributed by atoms with Crippen molar-refractivity contribution in [1.82, 2.24) is 0 Å². The Morgan fingerprint density at radius 3 is 1.74 bits per heavy atom. The van der Waals surface area contributed by atoms with Crippen molar-refractivity contribution in [2.45, 2.75) is 23.6 Å². The van der Waals surface area contributed by atoms with Crippen LogP contribution in [0.3, 0.4) is 0 Å². The van der Waals surface area contributed by atoms with E-state index >= 15 is 0 Å². The fourth-order valence-corrected chi connectivity index (χ4v) is 6.29. The number of anilines is 3. The van der Waals surface area contributed by atoms with E-state index in [-0.39, 0.29) is 25.5 Å². The van der Waals surface area contributed by atoms with E-state index in [4.69, 9.17) is 23.2 Å². The van der Waals surface area contributed by atoms with Crippen LogP contribution in [0.2, 0.25) is 10.0 Å². The van der Waals surface area contributed by atoms with Crippen molar-refractivity contribution in [3.8, 4) is 0 Å². The fraction of sp³-hybridized carbons (Fsp3) is 0.0741. The molecule has 0 aliphatic heterocycles. The van der Waals surface area contributed by atoms with Crippen molar-refractivity contribution in [3.63, 3.8) is 0 Å². The third-order valence-corrected chi connectivity index (χ3v) is 8.82. The van der Waals surface area contributed by atoms with Gasteiger partial charge in [0.05, 0.1) is 21.2 Å². The van der Waals surface area contributed by atoms with Crippen LogP contribution in [0.25, 0.3) is 0 Å². The molecule has 3 N–H and O–H groups in total. The third kappa shape index (κ3) is 7.10. The molecule has 0 spiro atoms. The Bertz CT molecular complexity index is 1740. The molecule has 39 heavy (non-hydrogen) atoms. The van der Waals surface area contributed by atoms with Crippen molar-refractivity contribution in [3.05, 3.63) is 112 Å². The molecule has 0 aliphatic rings. The number of hydrogen-bond donors (Lipinski definition) is 3. The third-order valence-electron chi connectivity index (χ3n) is 5.60. The Kier molecular flexibility index (Phi) is 8.22. The number of sulfonamides is 2. The Balaban J connectivity index is 1.44. The number of carbonyl (C=O) groups is 1. The van der Waals surface area contributed by atoms with E-state index in [0.717, 1.165) is 5.56 Å². The molecule has 4 rings (SSSR count). The molecule has 8 nitrogen and oxygen atoms in total. The second-order valence-electron chi connectivity index (χ2n) is 8.69. The van der Waals surface area contributed by atoms with Crippen molar-refractivity contribution in [1.29, 1.82) is 0 Å². The maximum Gasteiger partial charge on any atom is 0.261 e. The van der Waals surface area contributed by atoms with Crippen LogP contribution in [-0.4, -0.2) is 22.7 Å². The lowest BCUT2D eigenvalue weighted by atomic mass is 10.1. The lowest BCUT2D eigenvalue weighted by Crippen LogP contribution is -2.16. The van der Waals surface area contributed by atoms with E-state index < -0.39 is 26.0 Å². The van der Waals surface area contributed by atoms with E-state index in [1.54, 1.807) is 25.1 Å². The highest BCUT2D eigenvalue weighted by Crippen LogP contribution is 2.26. The Hall–Kier alpha value is -3.57. The molecule has 0 radical (unpaired) electrons. The predicted octanol–water partition coefficient (Wildman–Crippen LogP) is 6.46. The first-order valence-electron chi connectivity index (χ1n) is 11.4. The molecule has 202 valence electrons. The van der Waals surface area contributed by atoms with Gasteiger partial charge in [-0.3, -0.25) is 14.2 Å². The molecule has 0 aliphatic carbocycles. The predicted molar refractivity (Wildman–Crippen MR) is 155 cm³/mol. The number of aryl methyl sites for hydroxylation is 2. The lowest BCUT2D eigenvalue weighted by molar-refractivity contribution is 0.102. The summed E-state index contributed by atoms with van der Waals surface area (Å²) >= 11 is 11.9. The Labute approximate surface area is 237 Å². The number of rotatable bonds is 8. The van der Waals surface area contributed by atoms with Crippen LogP contribution in [0.5, 0.6) is 0 Å². The summed E-state index contributed by atoms with van der Waals surface area (Å²) in [4.78, 5) is 12.9. The first-order chi connectivity index (χ1) is 18.3. The molecule has 12 heteroatoms. The summed E-state index contributed by atoms with van der Waals surface area (Å²) < 4.78 is 55.8. The van der Waals surface area contributed by atoms with E-state index in [1.807, 2.05) is 6.92 Å². The van der Waals surface area contributed by atoms with Crippen molar-refractivity contribution >= 4 is 66.2 Å². The van der Waals surface area contributed by atoms with Gasteiger partial charge in [-0.15, -0.1) is 0 Å². The lowest BCUT2D eigenvalue weighted by Gasteiger charge is -2.13. The van der Waals surface area contributed by atoms with Crippen LogP contribution < -0.4 is 14.8 Å². The number of carbonyl (C=O) groups excluding carboxylic acids is 1. The molecular formula is C27H23Cl2N3O5S2. The quantitative estimate of drug-likeness (QED) is 0.213. The minimum absolute atomic E-state index is 0.0299. The molecule has 0 unspecified atom stereocenters. The van der Waals surface area contributed by atoms with Gasteiger partial charge in [-0.1, -0.05) is 40.9 Å². The number of nitrogens with one attached hydrogen (secondary N) is 3. The van der Waals surface area contributed by atoms with Crippen LogP contribution in [-0.2, 0) is 20.0 Å². The zero-order chi connectivity index (χ0) is 28.4. The highest BCUT2D eigenvalue weighted by Gasteiger charge is 2.18. The second-order valence-corrected chi connectivity index (χ2v) is 12.9. The zero-order valence-corrected chi connectivity index (χ0v) is 23.8. The number of hydrogen-bond acceptors (Lipinski definition) is 5. The second kappa shape index (κ2) is 11.3. The average molecular weight is 605 g/mol. The van der Waals surface area contributed by atoms with Crippen LogP contribution in [0.1, 0.15) is 21.5 Å². The molecule has 4 aromatic carbocycles. The maximum atomic E-state index is 12.8. The molecule has 0 saturated heterocycles. The number of benzene rings is 4. The molecule has 1 amide bonds. The first-order valence-corrected chi connectivity index (χ1v) is 15.2. The Morgan fingerprint density at radius 1 is 0.641 bits per heavy atom. The van der Waals surface area contributed by atoms with Gasteiger partial charge < -0.3 is 5.32 Å². The highest BCUT2D eigenvalue weighted by molar-refractivity contribution is 7.93. The van der Waals surface area contributed by atoms with Crippen LogP contribution >= 0.6 is 23.2 Å². The standard InChI is InChI=1S/C27H23Cl2N3O5S2/c1-17-3-8-24(9-4-17)39(36,37)32-26-12-5-19(13-18(26)2)27(33)30-22-6-10-25(11-7-22)38(34,35)31-23-15-20(28)14-21(29)16-23/h3-16,31-32H,1-2H3,(H,30,33). The van der Waals surface area contributed by atoms with Gasteiger partial charge in [-0.25, -0.2) is 16.8 Å². The van der Waals surface area contributed by atoms with E-state index in [1.165, 1.54) is 66.7 Å². The summed E-state index contributed by atoms with van der Waals surface area (Å²) in [6, 6.07) is 21.0. The monoisotopic (exact) mass is 603 g/mol. The molecule has 0 atom stereocenters. The van der Waals surface area contributed by atoms with Gasteiger partial charge in [0.15, 0.2) is 0 Å². The summed E-state index contributed by atoms with van der Waals surface area (Å²) in [5.74, 6) is -0.451. The first kappa shape index (κ1) is 28.4. The molecule has 4 aromatic rings. The minimum Gasteiger partial charge on any atom is -0.322 e. The molecule has 0 fully saturated rings. The number of amides is 1. The summed E-state index contributed by atoms with van der Waals surface area (Å²) in [7, 11) is -7.72. The fourth-order valence-electron chi connectivity index (χ4n) is 3.59. The van der Waals surface area contributed by atoms with E-state index in [9.17, 15) is 21.6 Å². The molecular weight excluding hydrogens is 581 g/mol. The summed E-state index contributed by atoms with van der Waals surface area (Å²) in [6.07, 6.45) is 0. The molecule has 0 aromatic heterocycles. The molecule has 0 heterocycles. The van der Waals surface area contributed by atoms with Gasteiger partial charge in [0.1, 0.15) is 0 Å². The SMILES string of the molecule is Cc1ccc(S(=O)(=O)Nc2ccc(C(=O)Nc3ccc(S(=O)(=O)Nc4cc(Cl)cc(Cl)c4)cc3)cc2C)cc1. The topological polar surface area (TPSA) is 121 Å². The van der Waals surface area contributed by atoms with E-state index in [0.29, 0.717) is 22.5 Å². The summed E-state index contributed by atoms with van der Waals surface area (Å²) in [5, 5.41) is 3.27. The highest BCUT2D eigenvalue weighted by atomic mass is 35.5. The van der Waals surface area contributed by atoms with Crippen molar-refractivity contribution in [2.75, 3.05) is 14.8 Å². The average Bonchev–Trinajstić information content (AvgIpc) is 2.85. The van der Waals surface area contributed by atoms with Gasteiger partial charge in [0.2, 0.25) is 0 Å². The summed E-state index contributed by atoms with van der Waals surface area (Å²) in [5.41, 5.74) is 2.71. The van der Waals surface area contributed by atoms with Crippen LogP contribution in [0, 0.1) is 13.8 Å². The maximum absolute atomic E-state index is 12.8. The molecule has 0 saturated carbocycles. The van der Waals surface area contributed by atoms with Gasteiger partial charge in [-0.05, 0) is 92.2 Å². The zero-order valence-electron chi connectivity index (χ0n) is 20.7. The smallest absolute Gasteiger partial charge is 0.261 e. The minimum atomic E-state index is -3.93. The number of halogens is 2. The van der Waals surface area contributed by atoms with E-state index in [2.05, 4.69) is 14.8 Å². The molecule has 0 bridgehead atoms. The van der Waals surface area contributed by atoms with Crippen molar-refractivity contribution < 1.29 is 21.6 Å². The van der Waals surface area contributed by atoms with Gasteiger partial charge >= 0.3 is 0 Å². The largest absolute Gasteiger partial charge is 0.322 e. The van der Waals surface area contributed by atoms with Gasteiger partial charge in [0, 0.05) is 21.3 Å². The Morgan fingerprint density at radius 2 is 1.18 bits per heavy atom. The van der Waals surface area contributed by atoms with Crippen LogP contribution in [0.4, 0.5) is 17.1 Å². The van der Waals surface area contributed by atoms with Crippen LogP contribution in [0.15, 0.2) is 94.7 Å². The summed E-state index contributed by atoms with van der Waals surface area (Å²) in [6.45, 7) is 3.55. The van der Waals surface area contributed by atoms with Gasteiger partial charge in [-0.2, -0.15) is 0 Å². The van der Waals surface area contributed by atoms with Gasteiger partial charge in [0.25, 0.3) is 26.0 Å². The normalized spacial score (nSPS) is 11.6. The van der Waals surface area contributed by atoms with Crippen molar-refractivity contribution in [2.24, 2.45) is 0 Å².